The lowest BCUT2D eigenvalue weighted by Gasteiger charge is -2.46. The van der Waals surface area contributed by atoms with Gasteiger partial charge in [0.15, 0.2) is 0 Å². The van der Waals surface area contributed by atoms with Crippen molar-refractivity contribution in [3.8, 4) is 0 Å². The zero-order valence-electron chi connectivity index (χ0n) is 12.5. The summed E-state index contributed by atoms with van der Waals surface area (Å²) < 4.78 is 13.6. The zero-order chi connectivity index (χ0) is 16.6. The Morgan fingerprint density at radius 1 is 1.48 bits per heavy atom. The highest BCUT2D eigenvalue weighted by Gasteiger charge is 2.50. The summed E-state index contributed by atoms with van der Waals surface area (Å²) in [5.41, 5.74) is -0.772. The van der Waals surface area contributed by atoms with Crippen LogP contribution >= 0.6 is 11.6 Å². The second-order valence-corrected chi connectivity index (χ2v) is 6.58. The summed E-state index contributed by atoms with van der Waals surface area (Å²) in [6.07, 6.45) is 0.864. The van der Waals surface area contributed by atoms with Gasteiger partial charge in [0.2, 0.25) is 5.91 Å². The number of carbonyl (C=O) groups is 2. The maximum atomic E-state index is 13.6. The molecule has 23 heavy (non-hydrogen) atoms. The molecule has 2 aliphatic heterocycles. The second-order valence-electron chi connectivity index (χ2n) is 6.18. The minimum Gasteiger partial charge on any atom is -0.392 e. The van der Waals surface area contributed by atoms with Gasteiger partial charge in [0, 0.05) is 25.2 Å². The Morgan fingerprint density at radius 3 is 2.96 bits per heavy atom. The summed E-state index contributed by atoms with van der Waals surface area (Å²) in [7, 11) is 0. The molecule has 3 rings (SSSR count). The molecule has 1 spiro atoms. The number of carbonyl (C=O) groups excluding carboxylic acids is 2. The molecule has 124 valence electrons. The van der Waals surface area contributed by atoms with E-state index in [0.29, 0.717) is 25.9 Å². The molecule has 5 nitrogen and oxygen atoms in total. The summed E-state index contributed by atoms with van der Waals surface area (Å²) in [5, 5.41) is 13.1. The average molecular weight is 341 g/mol. The van der Waals surface area contributed by atoms with E-state index < -0.39 is 17.3 Å². The minimum atomic E-state index is -0.961. The van der Waals surface area contributed by atoms with Crippen LogP contribution in [0.1, 0.15) is 29.6 Å². The maximum Gasteiger partial charge on any atom is 0.253 e. The van der Waals surface area contributed by atoms with E-state index in [4.69, 9.17) is 11.6 Å². The molecular formula is C16H18ClFN2O3. The summed E-state index contributed by atoms with van der Waals surface area (Å²) in [6.45, 7) is 1.06. The number of hydrogen-bond donors (Lipinski definition) is 2. The maximum absolute atomic E-state index is 13.6. The van der Waals surface area contributed by atoms with Gasteiger partial charge >= 0.3 is 0 Å². The van der Waals surface area contributed by atoms with E-state index in [9.17, 15) is 19.1 Å². The molecule has 2 amide bonds. The third-order valence-electron chi connectivity index (χ3n) is 4.77. The SMILES string of the molecule is O=C(c1ccc(Cl)c(F)c1)N1CC[C@@H](O)[C@@]2(CCCNC2=O)C1. The van der Waals surface area contributed by atoms with Crippen LogP contribution in [-0.2, 0) is 4.79 Å². The van der Waals surface area contributed by atoms with Crippen molar-refractivity contribution in [1.29, 1.82) is 0 Å². The molecule has 1 aromatic carbocycles. The molecule has 1 aromatic rings. The third kappa shape index (κ3) is 2.81. The quantitative estimate of drug-likeness (QED) is 0.815. The fourth-order valence-corrected chi connectivity index (χ4v) is 3.55. The molecule has 0 bridgehead atoms. The van der Waals surface area contributed by atoms with Crippen molar-refractivity contribution in [2.45, 2.75) is 25.4 Å². The predicted octanol–water partition coefficient (Wildman–Crippen LogP) is 1.58. The van der Waals surface area contributed by atoms with E-state index in [1.807, 2.05) is 0 Å². The molecule has 2 atom stereocenters. The molecule has 0 unspecified atom stereocenters. The van der Waals surface area contributed by atoms with Gasteiger partial charge in [-0.25, -0.2) is 4.39 Å². The smallest absolute Gasteiger partial charge is 0.253 e. The van der Waals surface area contributed by atoms with Crippen LogP contribution in [0.15, 0.2) is 18.2 Å². The standard InChI is InChI=1S/C16H18ClFN2O3/c17-11-3-2-10(8-12(11)18)14(22)20-7-4-13(21)16(9-20)5-1-6-19-15(16)23/h2-3,8,13,21H,1,4-7,9H2,(H,19,23)/t13-,16-/m1/s1. The highest BCUT2D eigenvalue weighted by Crippen LogP contribution is 2.37. The molecule has 0 aliphatic carbocycles. The summed E-state index contributed by atoms with van der Waals surface area (Å²) >= 11 is 5.64. The number of nitrogens with one attached hydrogen (secondary N) is 1. The van der Waals surface area contributed by atoms with Crippen molar-refractivity contribution < 1.29 is 19.1 Å². The number of hydrogen-bond acceptors (Lipinski definition) is 3. The molecule has 2 N–H and O–H groups in total. The van der Waals surface area contributed by atoms with Crippen LogP contribution in [0.3, 0.4) is 0 Å². The van der Waals surface area contributed by atoms with Gasteiger partial charge in [-0.15, -0.1) is 0 Å². The molecular weight excluding hydrogens is 323 g/mol. The van der Waals surface area contributed by atoms with E-state index >= 15 is 0 Å². The topological polar surface area (TPSA) is 69.6 Å². The van der Waals surface area contributed by atoms with Crippen LogP contribution in [0.25, 0.3) is 0 Å². The Balaban J connectivity index is 1.84. The Bertz CT molecular complexity index is 654. The Hall–Kier alpha value is -1.66. The van der Waals surface area contributed by atoms with E-state index in [1.54, 1.807) is 0 Å². The van der Waals surface area contributed by atoms with Gasteiger partial charge in [0.05, 0.1) is 16.5 Å². The highest BCUT2D eigenvalue weighted by molar-refractivity contribution is 6.30. The van der Waals surface area contributed by atoms with Crippen LogP contribution in [0.2, 0.25) is 5.02 Å². The van der Waals surface area contributed by atoms with Gasteiger partial charge in [0.1, 0.15) is 5.82 Å². The number of halogens is 2. The predicted molar refractivity (Wildman–Crippen MR) is 82.6 cm³/mol. The second kappa shape index (κ2) is 6.09. The first-order chi connectivity index (χ1) is 10.9. The van der Waals surface area contributed by atoms with Crippen molar-refractivity contribution in [2.24, 2.45) is 5.41 Å². The number of piperidine rings is 2. The number of nitrogens with zero attached hydrogens (tertiary/aromatic N) is 1. The number of aliphatic hydroxyl groups excluding tert-OH is 1. The highest BCUT2D eigenvalue weighted by atomic mass is 35.5. The molecule has 2 aliphatic rings. The first kappa shape index (κ1) is 16.2. The fourth-order valence-electron chi connectivity index (χ4n) is 3.43. The fraction of sp³-hybridized carbons (Fsp3) is 0.500. The molecule has 2 fully saturated rings. The lowest BCUT2D eigenvalue weighted by molar-refractivity contribution is -0.147. The number of amides is 2. The van der Waals surface area contributed by atoms with Crippen LogP contribution in [0, 0.1) is 11.2 Å². The average Bonchev–Trinajstić information content (AvgIpc) is 2.54. The first-order valence-electron chi connectivity index (χ1n) is 7.65. The molecule has 2 heterocycles. The Labute approximate surface area is 138 Å². The van der Waals surface area contributed by atoms with Crippen molar-refractivity contribution in [3.05, 3.63) is 34.6 Å². The largest absolute Gasteiger partial charge is 0.392 e. The molecule has 7 heteroatoms. The molecule has 2 saturated heterocycles. The lowest BCUT2D eigenvalue weighted by Crippen LogP contribution is -2.62. The number of likely N-dealkylation sites (tertiary alicyclic amines) is 1. The Morgan fingerprint density at radius 2 is 2.26 bits per heavy atom. The van der Waals surface area contributed by atoms with Gasteiger partial charge in [0.25, 0.3) is 5.91 Å². The normalized spacial score (nSPS) is 27.9. The van der Waals surface area contributed by atoms with Crippen molar-refractivity contribution in [2.75, 3.05) is 19.6 Å². The van der Waals surface area contributed by atoms with Crippen LogP contribution in [0.5, 0.6) is 0 Å². The zero-order valence-corrected chi connectivity index (χ0v) is 13.3. The number of aliphatic hydroxyl groups is 1. The lowest BCUT2D eigenvalue weighted by atomic mass is 9.71. The van der Waals surface area contributed by atoms with E-state index in [1.165, 1.54) is 17.0 Å². The summed E-state index contributed by atoms with van der Waals surface area (Å²) in [5.74, 6) is -1.22. The van der Waals surface area contributed by atoms with E-state index in [0.717, 1.165) is 12.5 Å². The summed E-state index contributed by atoms with van der Waals surface area (Å²) in [6, 6.07) is 3.90. The van der Waals surface area contributed by atoms with Gasteiger partial charge in [-0.1, -0.05) is 11.6 Å². The summed E-state index contributed by atoms with van der Waals surface area (Å²) in [4.78, 5) is 26.4. The van der Waals surface area contributed by atoms with Crippen LogP contribution in [-0.4, -0.2) is 47.6 Å². The monoisotopic (exact) mass is 340 g/mol. The number of benzene rings is 1. The van der Waals surface area contributed by atoms with Gasteiger partial charge in [-0.3, -0.25) is 9.59 Å². The van der Waals surface area contributed by atoms with E-state index in [2.05, 4.69) is 5.32 Å². The number of rotatable bonds is 1. The van der Waals surface area contributed by atoms with Crippen molar-refractivity contribution >= 4 is 23.4 Å². The van der Waals surface area contributed by atoms with Gasteiger partial charge in [-0.2, -0.15) is 0 Å². The van der Waals surface area contributed by atoms with E-state index in [-0.39, 0.29) is 28.9 Å². The van der Waals surface area contributed by atoms with Crippen LogP contribution in [0.4, 0.5) is 4.39 Å². The van der Waals surface area contributed by atoms with Gasteiger partial charge < -0.3 is 15.3 Å². The molecule has 0 saturated carbocycles. The third-order valence-corrected chi connectivity index (χ3v) is 5.08. The minimum absolute atomic E-state index is 0.0428. The Kier molecular flexibility index (Phi) is 4.29. The molecule has 0 aromatic heterocycles. The van der Waals surface area contributed by atoms with Crippen molar-refractivity contribution in [3.63, 3.8) is 0 Å². The first-order valence-corrected chi connectivity index (χ1v) is 8.02. The van der Waals surface area contributed by atoms with Crippen molar-refractivity contribution in [1.82, 2.24) is 10.2 Å². The van der Waals surface area contributed by atoms with Gasteiger partial charge in [-0.05, 0) is 37.5 Å². The van der Waals surface area contributed by atoms with Crippen LogP contribution < -0.4 is 5.32 Å². The molecule has 0 radical (unpaired) electrons.